The zero-order valence-corrected chi connectivity index (χ0v) is 19.1. The molecule has 1 unspecified atom stereocenters. The highest BCUT2D eigenvalue weighted by Gasteiger charge is 2.36. The molecule has 32 heavy (non-hydrogen) atoms. The summed E-state index contributed by atoms with van der Waals surface area (Å²) >= 11 is 1.17. The van der Waals surface area contributed by atoms with E-state index >= 15 is 4.39 Å². The Balaban J connectivity index is 1.52. The van der Waals surface area contributed by atoms with Gasteiger partial charge in [-0.3, -0.25) is 14.0 Å². The summed E-state index contributed by atoms with van der Waals surface area (Å²) in [6.45, 7) is 3.70. The lowest BCUT2D eigenvalue weighted by Crippen LogP contribution is -2.36. The first-order valence-electron chi connectivity index (χ1n) is 11.4. The number of pyridine rings is 1. The van der Waals surface area contributed by atoms with Crippen LogP contribution in [-0.2, 0) is 0 Å². The van der Waals surface area contributed by atoms with Crippen LogP contribution >= 0.6 is 11.5 Å². The minimum atomic E-state index is -0.469. The predicted molar refractivity (Wildman–Crippen MR) is 125 cm³/mol. The zero-order chi connectivity index (χ0) is 22.1. The average Bonchev–Trinajstić information content (AvgIpc) is 3.69. The van der Waals surface area contributed by atoms with Crippen LogP contribution in [0.5, 0.6) is 5.75 Å². The van der Waals surface area contributed by atoms with Gasteiger partial charge in [-0.25, -0.2) is 4.39 Å². The van der Waals surface area contributed by atoms with Crippen molar-refractivity contribution < 1.29 is 9.13 Å². The molecule has 170 valence electrons. The first-order chi connectivity index (χ1) is 15.5. The Kier molecular flexibility index (Phi) is 4.62. The molecule has 3 fully saturated rings. The van der Waals surface area contributed by atoms with Gasteiger partial charge in [0.05, 0.1) is 18.0 Å². The number of methoxy groups -OCH3 is 1. The first-order valence-corrected chi connectivity index (χ1v) is 12.3. The molecule has 0 bridgehead atoms. The molecule has 0 amide bonds. The van der Waals surface area contributed by atoms with E-state index in [9.17, 15) is 9.59 Å². The van der Waals surface area contributed by atoms with Gasteiger partial charge in [-0.05, 0) is 62.5 Å². The van der Waals surface area contributed by atoms with Crippen molar-refractivity contribution in [2.45, 2.75) is 57.2 Å². The second kappa shape index (κ2) is 7.31. The normalized spacial score (nSPS) is 22.2. The molecule has 3 aromatic rings. The van der Waals surface area contributed by atoms with Crippen LogP contribution in [0, 0.1) is 11.7 Å². The molecule has 0 spiro atoms. The number of halogens is 1. The zero-order valence-electron chi connectivity index (χ0n) is 18.2. The van der Waals surface area contributed by atoms with E-state index < -0.39 is 16.8 Å². The van der Waals surface area contributed by atoms with E-state index in [-0.39, 0.29) is 16.8 Å². The molecule has 2 aliphatic carbocycles. The maximum Gasteiger partial charge on any atom is 0.271 e. The molecule has 9 heteroatoms. The third-order valence-corrected chi connectivity index (χ3v) is 8.12. The van der Waals surface area contributed by atoms with Crippen LogP contribution in [-0.4, -0.2) is 41.2 Å². The monoisotopic (exact) mass is 458 g/mol. The summed E-state index contributed by atoms with van der Waals surface area (Å²) in [5, 5.41) is 4.00. The van der Waals surface area contributed by atoms with Crippen molar-refractivity contribution in [3.63, 3.8) is 0 Å². The van der Waals surface area contributed by atoms with Crippen molar-refractivity contribution in [2.75, 3.05) is 25.1 Å². The Morgan fingerprint density at radius 1 is 1.25 bits per heavy atom. The van der Waals surface area contributed by atoms with E-state index in [0.29, 0.717) is 39.8 Å². The Hall–Kier alpha value is -2.39. The summed E-state index contributed by atoms with van der Waals surface area (Å²) in [4.78, 5) is 28.2. The van der Waals surface area contributed by atoms with Crippen molar-refractivity contribution in [2.24, 2.45) is 5.92 Å². The Morgan fingerprint density at radius 2 is 2.03 bits per heavy atom. The van der Waals surface area contributed by atoms with Gasteiger partial charge in [0.2, 0.25) is 5.43 Å². The van der Waals surface area contributed by atoms with Crippen LogP contribution in [0.4, 0.5) is 10.1 Å². The van der Waals surface area contributed by atoms with Gasteiger partial charge in [0, 0.05) is 31.2 Å². The van der Waals surface area contributed by atoms with Gasteiger partial charge in [0.15, 0.2) is 11.6 Å². The summed E-state index contributed by atoms with van der Waals surface area (Å²) in [6.07, 6.45) is 5.39. The largest absolute Gasteiger partial charge is 0.492 e. The summed E-state index contributed by atoms with van der Waals surface area (Å²) in [6, 6.07) is 2.51. The second-order valence-electron chi connectivity index (χ2n) is 9.50. The van der Waals surface area contributed by atoms with Crippen LogP contribution in [0.2, 0.25) is 0 Å². The van der Waals surface area contributed by atoms with E-state index in [2.05, 4.69) is 21.5 Å². The van der Waals surface area contributed by atoms with E-state index in [1.165, 1.54) is 37.6 Å². The topological polar surface area (TPSA) is 79.4 Å². The highest BCUT2D eigenvalue weighted by Crippen LogP contribution is 2.46. The number of hydrogen-bond acceptors (Lipinski definition) is 6. The lowest BCUT2D eigenvalue weighted by Gasteiger charge is -2.26. The standard InChI is InChI=1S/C23H27FN4O3S/c1-11(25-13-3-4-13)12-7-8-27(10-12)19-16(24)9-15-18(21(19)31-2)28(14-5-6-14)23-17(20(15)29)22(30)26-32-23/h9,11-14,25H,3-8,10H2,1-2H3,(H,26,30)/t11-,12?/m0/s1. The number of H-pyrrole nitrogens is 1. The molecule has 1 aromatic carbocycles. The quantitative estimate of drug-likeness (QED) is 0.592. The SMILES string of the molecule is COc1c(N2CCC([C@H](C)NC3CC3)C2)c(F)cc2c(=O)c3c(=O)[nH]sc3n(C3CC3)c12. The second-order valence-corrected chi connectivity index (χ2v) is 10.3. The van der Waals surface area contributed by atoms with Crippen LogP contribution in [0.25, 0.3) is 21.1 Å². The number of anilines is 1. The van der Waals surface area contributed by atoms with Crippen molar-refractivity contribution >= 4 is 38.3 Å². The number of nitrogens with zero attached hydrogens (tertiary/aromatic N) is 2. The molecule has 1 saturated heterocycles. The number of aromatic amines is 1. The number of rotatable bonds is 6. The average molecular weight is 459 g/mol. The maximum atomic E-state index is 15.6. The Morgan fingerprint density at radius 3 is 2.72 bits per heavy atom. The van der Waals surface area contributed by atoms with Gasteiger partial charge >= 0.3 is 0 Å². The fourth-order valence-electron chi connectivity index (χ4n) is 5.24. The number of fused-ring (bicyclic) bond motifs is 2. The molecule has 2 N–H and O–H groups in total. The fourth-order valence-corrected chi connectivity index (χ4v) is 6.16. The summed E-state index contributed by atoms with van der Waals surface area (Å²) in [5.74, 6) is 0.358. The van der Waals surface area contributed by atoms with Crippen LogP contribution in [0.15, 0.2) is 15.7 Å². The highest BCUT2D eigenvalue weighted by atomic mass is 32.1. The molecule has 7 nitrogen and oxygen atoms in total. The van der Waals surface area contributed by atoms with Crippen LogP contribution < -0.4 is 25.9 Å². The molecular weight excluding hydrogens is 431 g/mol. The number of ether oxygens (including phenoxy) is 1. The smallest absolute Gasteiger partial charge is 0.271 e. The summed E-state index contributed by atoms with van der Waals surface area (Å²) < 4.78 is 26.1. The number of benzene rings is 1. The number of nitrogens with one attached hydrogen (secondary N) is 2. The van der Waals surface area contributed by atoms with Gasteiger partial charge in [-0.1, -0.05) is 0 Å². The third kappa shape index (κ3) is 3.08. The van der Waals surface area contributed by atoms with Gasteiger partial charge in [0.25, 0.3) is 5.56 Å². The predicted octanol–water partition coefficient (Wildman–Crippen LogP) is 3.35. The molecule has 2 aromatic heterocycles. The number of hydrogen-bond donors (Lipinski definition) is 2. The molecule has 3 aliphatic rings. The molecule has 0 radical (unpaired) electrons. The molecule has 2 saturated carbocycles. The third-order valence-electron chi connectivity index (χ3n) is 7.24. The Bertz CT molecular complexity index is 1340. The van der Waals surface area contributed by atoms with E-state index in [4.69, 9.17) is 4.74 Å². The molecular formula is C23H27FN4O3S. The van der Waals surface area contributed by atoms with Gasteiger partial charge in [-0.2, -0.15) is 0 Å². The Labute approximate surface area is 188 Å². The lowest BCUT2D eigenvalue weighted by molar-refractivity contribution is 0.397. The molecule has 3 heterocycles. The van der Waals surface area contributed by atoms with Gasteiger partial charge < -0.3 is 19.5 Å². The van der Waals surface area contributed by atoms with Gasteiger partial charge in [-0.15, -0.1) is 0 Å². The first kappa shape index (κ1) is 20.2. The molecule has 6 rings (SSSR count). The van der Waals surface area contributed by atoms with Crippen molar-refractivity contribution in [1.82, 2.24) is 14.3 Å². The van der Waals surface area contributed by atoms with Crippen molar-refractivity contribution in [3.8, 4) is 5.75 Å². The minimum Gasteiger partial charge on any atom is -0.492 e. The van der Waals surface area contributed by atoms with E-state index in [1.807, 2.05) is 4.57 Å². The molecule has 1 aliphatic heterocycles. The van der Waals surface area contributed by atoms with Crippen molar-refractivity contribution in [3.05, 3.63) is 32.5 Å². The van der Waals surface area contributed by atoms with Gasteiger partial charge in [0.1, 0.15) is 15.9 Å². The lowest BCUT2D eigenvalue weighted by atomic mass is 10.0. The maximum absolute atomic E-state index is 15.6. The summed E-state index contributed by atoms with van der Waals surface area (Å²) in [5.41, 5.74) is 0.192. The highest BCUT2D eigenvalue weighted by molar-refractivity contribution is 7.12. The van der Waals surface area contributed by atoms with Crippen LogP contribution in [0.1, 0.15) is 45.1 Å². The number of aromatic nitrogens is 2. The van der Waals surface area contributed by atoms with E-state index in [0.717, 1.165) is 32.4 Å². The summed E-state index contributed by atoms with van der Waals surface area (Å²) in [7, 11) is 1.54. The van der Waals surface area contributed by atoms with Crippen molar-refractivity contribution in [1.29, 1.82) is 0 Å². The van der Waals surface area contributed by atoms with E-state index in [1.54, 1.807) is 0 Å². The van der Waals surface area contributed by atoms with Crippen LogP contribution in [0.3, 0.4) is 0 Å². The molecule has 2 atom stereocenters. The fraction of sp³-hybridized carbons (Fsp3) is 0.565. The minimum absolute atomic E-state index is 0.116.